The van der Waals surface area contributed by atoms with Gasteiger partial charge in [0.15, 0.2) is 0 Å². The van der Waals surface area contributed by atoms with Gasteiger partial charge in [0.1, 0.15) is 0 Å². The molecule has 1 aromatic heterocycles. The molecular weight excluding hydrogens is 442 g/mol. The fourth-order valence-corrected chi connectivity index (χ4v) is 7.00. The van der Waals surface area contributed by atoms with Gasteiger partial charge in [-0.25, -0.2) is 0 Å². The maximum Gasteiger partial charge on any atom is 0.306 e. The molecule has 0 radical (unpaired) electrons. The van der Waals surface area contributed by atoms with E-state index in [2.05, 4.69) is 67.7 Å². The standard InChI is InChI=1S/C29H31NO3S/c1-17-5-4-6-22(11-17)21-9-7-20(8-10-21)12-25-18(2)34-19(3)26(25)27(31)30-24-15-29(16-24)13-23(14-29)28(32)33/h4-11,23-24H,12-16H2,1-3H3,(H,30,31)(H,32,33). The van der Waals surface area contributed by atoms with Crippen LogP contribution in [0, 0.1) is 32.1 Å². The Hall–Kier alpha value is -2.92. The lowest BCUT2D eigenvalue weighted by Gasteiger charge is -2.56. The maximum atomic E-state index is 13.3. The van der Waals surface area contributed by atoms with Crippen LogP contribution in [-0.4, -0.2) is 23.0 Å². The minimum absolute atomic E-state index is 0.0159. The summed E-state index contributed by atoms with van der Waals surface area (Å²) in [5.41, 5.74) is 6.95. The molecule has 176 valence electrons. The molecule has 3 aromatic rings. The number of carbonyl (C=O) groups excluding carboxylic acids is 1. The third-order valence-corrected chi connectivity index (χ3v) is 8.76. The van der Waals surface area contributed by atoms with Crippen molar-refractivity contribution in [3.63, 3.8) is 0 Å². The van der Waals surface area contributed by atoms with E-state index in [9.17, 15) is 9.59 Å². The summed E-state index contributed by atoms with van der Waals surface area (Å²) in [6.07, 6.45) is 4.06. The van der Waals surface area contributed by atoms with Gasteiger partial charge in [0.2, 0.25) is 0 Å². The minimum Gasteiger partial charge on any atom is -0.481 e. The van der Waals surface area contributed by atoms with Crippen LogP contribution in [0.2, 0.25) is 0 Å². The van der Waals surface area contributed by atoms with Gasteiger partial charge in [0, 0.05) is 15.8 Å². The van der Waals surface area contributed by atoms with Gasteiger partial charge in [0.25, 0.3) is 5.91 Å². The molecule has 5 rings (SSSR count). The van der Waals surface area contributed by atoms with Crippen molar-refractivity contribution in [2.45, 2.75) is 58.9 Å². The SMILES string of the molecule is Cc1cccc(-c2ccc(Cc3c(C)sc(C)c3C(=O)NC3CC4(C3)CC(C(=O)O)C4)cc2)c1. The van der Waals surface area contributed by atoms with Gasteiger partial charge in [-0.05, 0) is 80.5 Å². The van der Waals surface area contributed by atoms with Gasteiger partial charge < -0.3 is 10.4 Å². The number of carboxylic acids is 1. The van der Waals surface area contributed by atoms with E-state index in [-0.39, 0.29) is 23.3 Å². The number of carbonyl (C=O) groups is 2. The van der Waals surface area contributed by atoms with Gasteiger partial charge in [-0.3, -0.25) is 9.59 Å². The van der Waals surface area contributed by atoms with Crippen molar-refractivity contribution in [3.05, 3.63) is 80.5 Å². The van der Waals surface area contributed by atoms with Gasteiger partial charge in [-0.1, -0.05) is 54.1 Å². The number of amides is 1. The molecule has 4 nitrogen and oxygen atoms in total. The summed E-state index contributed by atoms with van der Waals surface area (Å²) in [6, 6.07) is 17.3. The molecule has 5 heteroatoms. The van der Waals surface area contributed by atoms with Crippen molar-refractivity contribution in [1.82, 2.24) is 5.32 Å². The molecule has 2 fully saturated rings. The van der Waals surface area contributed by atoms with Crippen LogP contribution in [0.5, 0.6) is 0 Å². The van der Waals surface area contributed by atoms with E-state index in [1.807, 2.05) is 6.92 Å². The third kappa shape index (κ3) is 4.29. The summed E-state index contributed by atoms with van der Waals surface area (Å²) >= 11 is 1.69. The Morgan fingerprint density at radius 1 is 0.971 bits per heavy atom. The fraction of sp³-hybridized carbons (Fsp3) is 0.379. The fourth-order valence-electron chi connectivity index (χ4n) is 5.92. The molecule has 0 saturated heterocycles. The summed E-state index contributed by atoms with van der Waals surface area (Å²) in [6.45, 7) is 6.24. The molecule has 2 saturated carbocycles. The number of nitrogens with one attached hydrogen (secondary N) is 1. The number of rotatable bonds is 6. The molecule has 34 heavy (non-hydrogen) atoms. The molecule has 2 N–H and O–H groups in total. The first-order valence-corrected chi connectivity index (χ1v) is 12.8. The topological polar surface area (TPSA) is 66.4 Å². The Bertz CT molecular complexity index is 1240. The predicted octanol–water partition coefficient (Wildman–Crippen LogP) is 6.30. The zero-order chi connectivity index (χ0) is 24.0. The van der Waals surface area contributed by atoms with Crippen LogP contribution >= 0.6 is 11.3 Å². The summed E-state index contributed by atoms with van der Waals surface area (Å²) in [7, 11) is 0. The number of aryl methyl sites for hydroxylation is 3. The van der Waals surface area contributed by atoms with Crippen LogP contribution in [0.1, 0.15) is 62.5 Å². The highest BCUT2D eigenvalue weighted by Gasteiger charge is 2.55. The molecule has 1 amide bonds. The largest absolute Gasteiger partial charge is 0.481 e. The average Bonchev–Trinajstić information content (AvgIpc) is 3.01. The molecule has 2 aliphatic carbocycles. The zero-order valence-electron chi connectivity index (χ0n) is 20.0. The van der Waals surface area contributed by atoms with E-state index in [0.717, 1.165) is 48.1 Å². The van der Waals surface area contributed by atoms with Crippen LogP contribution in [-0.2, 0) is 11.2 Å². The van der Waals surface area contributed by atoms with Gasteiger partial charge >= 0.3 is 5.97 Å². The molecule has 0 aliphatic heterocycles. The molecule has 1 heterocycles. The predicted molar refractivity (Wildman–Crippen MR) is 136 cm³/mol. The average molecular weight is 474 g/mol. The van der Waals surface area contributed by atoms with Crippen LogP contribution in [0.4, 0.5) is 0 Å². The van der Waals surface area contributed by atoms with E-state index < -0.39 is 5.97 Å². The first kappa shape index (κ1) is 22.9. The van der Waals surface area contributed by atoms with Crippen molar-refractivity contribution in [1.29, 1.82) is 0 Å². The van der Waals surface area contributed by atoms with Crippen molar-refractivity contribution in [2.24, 2.45) is 11.3 Å². The summed E-state index contributed by atoms with van der Waals surface area (Å²) in [5.74, 6) is -0.858. The highest BCUT2D eigenvalue weighted by molar-refractivity contribution is 7.12. The number of benzene rings is 2. The van der Waals surface area contributed by atoms with E-state index in [1.54, 1.807) is 11.3 Å². The van der Waals surface area contributed by atoms with Crippen molar-refractivity contribution in [2.75, 3.05) is 0 Å². The Labute approximate surface area is 205 Å². The normalized spacial score (nSPS) is 23.3. The number of carboxylic acid groups (broad SMARTS) is 1. The number of aliphatic carboxylic acids is 1. The van der Waals surface area contributed by atoms with E-state index in [0.29, 0.717) is 0 Å². The Morgan fingerprint density at radius 3 is 2.32 bits per heavy atom. The Morgan fingerprint density at radius 2 is 1.68 bits per heavy atom. The lowest BCUT2D eigenvalue weighted by Crippen LogP contribution is -2.57. The summed E-state index contributed by atoms with van der Waals surface area (Å²) in [4.78, 5) is 26.6. The molecular formula is C29H31NO3S. The second kappa shape index (κ2) is 8.70. The van der Waals surface area contributed by atoms with Crippen molar-refractivity contribution < 1.29 is 14.7 Å². The second-order valence-electron chi connectivity index (χ2n) is 10.3. The molecule has 0 unspecified atom stereocenters. The number of hydrogen-bond acceptors (Lipinski definition) is 3. The van der Waals surface area contributed by atoms with Crippen LogP contribution < -0.4 is 5.32 Å². The Balaban J connectivity index is 1.26. The monoisotopic (exact) mass is 473 g/mol. The lowest BCUT2D eigenvalue weighted by atomic mass is 9.50. The van der Waals surface area contributed by atoms with Gasteiger partial charge in [-0.15, -0.1) is 11.3 Å². The van der Waals surface area contributed by atoms with Crippen LogP contribution in [0.15, 0.2) is 48.5 Å². The highest BCUT2D eigenvalue weighted by Crippen LogP contribution is 2.58. The van der Waals surface area contributed by atoms with Crippen molar-refractivity contribution in [3.8, 4) is 11.1 Å². The second-order valence-corrected chi connectivity index (χ2v) is 11.8. The maximum absolute atomic E-state index is 13.3. The van der Waals surface area contributed by atoms with E-state index in [1.165, 1.54) is 27.1 Å². The van der Waals surface area contributed by atoms with Crippen LogP contribution in [0.25, 0.3) is 11.1 Å². The summed E-state index contributed by atoms with van der Waals surface area (Å²) < 4.78 is 0. The molecule has 2 aromatic carbocycles. The van der Waals surface area contributed by atoms with Gasteiger partial charge in [0.05, 0.1) is 11.5 Å². The number of thiophene rings is 1. The smallest absolute Gasteiger partial charge is 0.306 e. The first-order valence-electron chi connectivity index (χ1n) is 12.0. The molecule has 0 bridgehead atoms. The minimum atomic E-state index is -0.681. The molecule has 0 atom stereocenters. The zero-order valence-corrected chi connectivity index (χ0v) is 20.8. The van der Waals surface area contributed by atoms with Crippen molar-refractivity contribution >= 4 is 23.2 Å². The Kier molecular flexibility index (Phi) is 5.85. The van der Waals surface area contributed by atoms with E-state index in [4.69, 9.17) is 5.11 Å². The van der Waals surface area contributed by atoms with E-state index >= 15 is 0 Å². The third-order valence-electron chi connectivity index (χ3n) is 7.70. The van der Waals surface area contributed by atoms with Gasteiger partial charge in [-0.2, -0.15) is 0 Å². The molecule has 2 aliphatic rings. The summed E-state index contributed by atoms with van der Waals surface area (Å²) in [5, 5.41) is 12.4. The lowest BCUT2D eigenvalue weighted by molar-refractivity contribution is -0.155. The quantitative estimate of drug-likeness (QED) is 0.441. The van der Waals surface area contributed by atoms with Crippen LogP contribution in [0.3, 0.4) is 0 Å². The highest BCUT2D eigenvalue weighted by atomic mass is 32.1. The first-order chi connectivity index (χ1) is 16.2. The molecule has 1 spiro atoms. The number of hydrogen-bond donors (Lipinski definition) is 2.